The molecular formula is C4H7Cl4N. The van der Waals surface area contributed by atoms with Crippen molar-refractivity contribution in [3.05, 3.63) is 0 Å². The van der Waals surface area contributed by atoms with Crippen LogP contribution in [0, 0.1) is 0 Å². The summed E-state index contributed by atoms with van der Waals surface area (Å²) >= 11 is 22.1. The van der Waals surface area contributed by atoms with Crippen LogP contribution in [-0.4, -0.2) is 28.3 Å². The summed E-state index contributed by atoms with van der Waals surface area (Å²) in [5.74, 6) is 0. The van der Waals surface area contributed by atoms with Gasteiger partial charge in [0.15, 0.2) is 4.84 Å². The van der Waals surface area contributed by atoms with Crippen LogP contribution in [0.15, 0.2) is 0 Å². The summed E-state index contributed by atoms with van der Waals surface area (Å²) in [6.07, 6.45) is 0. The molecule has 0 fully saturated rings. The number of rotatable bonds is 2. The Kier molecular flexibility index (Phi) is 3.93. The molecule has 0 aromatic carbocycles. The van der Waals surface area contributed by atoms with Crippen LogP contribution in [0.5, 0.6) is 0 Å². The normalized spacial score (nSPS) is 13.3. The van der Waals surface area contributed by atoms with Gasteiger partial charge in [0.05, 0.1) is 0 Å². The average Bonchev–Trinajstić information content (AvgIpc) is 1.65. The number of hydrogen-bond acceptors (Lipinski definition) is 1. The molecule has 0 amide bonds. The van der Waals surface area contributed by atoms with Gasteiger partial charge in [0.25, 0.3) is 0 Å². The smallest absolute Gasteiger partial charge is 0.201 e. The first kappa shape index (κ1) is 10.1. The van der Waals surface area contributed by atoms with Gasteiger partial charge in [-0.1, -0.05) is 23.2 Å². The van der Waals surface area contributed by atoms with E-state index in [4.69, 9.17) is 46.4 Å². The first-order chi connectivity index (χ1) is 3.89. The zero-order valence-corrected chi connectivity index (χ0v) is 8.06. The van der Waals surface area contributed by atoms with Gasteiger partial charge in [-0.15, -0.1) is 23.2 Å². The van der Waals surface area contributed by atoms with Crippen molar-refractivity contribution in [2.75, 3.05) is 14.1 Å². The predicted octanol–water partition coefficient (Wildman–Crippen LogP) is 2.48. The number of alkyl halides is 4. The SMILES string of the molecule is CN(C)C(Cl)(Cl)C(Cl)Cl. The van der Waals surface area contributed by atoms with Crippen LogP contribution in [0.2, 0.25) is 0 Å². The number of nitrogens with zero attached hydrogens (tertiary/aromatic N) is 1. The van der Waals surface area contributed by atoms with E-state index in [1.807, 2.05) is 0 Å². The lowest BCUT2D eigenvalue weighted by Gasteiger charge is -2.27. The highest BCUT2D eigenvalue weighted by molar-refractivity contribution is 6.59. The third kappa shape index (κ3) is 2.69. The molecule has 0 aliphatic heterocycles. The van der Waals surface area contributed by atoms with E-state index in [0.29, 0.717) is 0 Å². The van der Waals surface area contributed by atoms with Gasteiger partial charge in [-0.2, -0.15) is 0 Å². The van der Waals surface area contributed by atoms with Gasteiger partial charge in [0.2, 0.25) is 4.46 Å². The summed E-state index contributed by atoms with van der Waals surface area (Å²) in [4.78, 5) is 0.719. The molecule has 0 rings (SSSR count). The average molecular weight is 211 g/mol. The first-order valence-corrected chi connectivity index (χ1v) is 3.85. The van der Waals surface area contributed by atoms with Gasteiger partial charge in [0, 0.05) is 0 Å². The Morgan fingerprint density at radius 2 is 1.56 bits per heavy atom. The van der Waals surface area contributed by atoms with Crippen LogP contribution in [0.25, 0.3) is 0 Å². The van der Waals surface area contributed by atoms with E-state index in [-0.39, 0.29) is 0 Å². The predicted molar refractivity (Wildman–Crippen MR) is 43.6 cm³/mol. The second-order valence-electron chi connectivity index (χ2n) is 1.78. The molecule has 0 radical (unpaired) electrons. The van der Waals surface area contributed by atoms with Gasteiger partial charge in [-0.3, -0.25) is 4.90 Å². The van der Waals surface area contributed by atoms with Crippen LogP contribution in [-0.2, 0) is 0 Å². The summed E-state index contributed by atoms with van der Waals surface area (Å²) in [5.41, 5.74) is 0. The van der Waals surface area contributed by atoms with Crippen molar-refractivity contribution in [2.45, 2.75) is 9.29 Å². The minimum Gasteiger partial charge on any atom is -0.276 e. The van der Waals surface area contributed by atoms with E-state index >= 15 is 0 Å². The Morgan fingerprint density at radius 3 is 1.56 bits per heavy atom. The van der Waals surface area contributed by atoms with Crippen LogP contribution >= 0.6 is 46.4 Å². The fourth-order valence-corrected chi connectivity index (χ4v) is 0.586. The molecule has 1 nitrogen and oxygen atoms in total. The molecule has 5 heteroatoms. The van der Waals surface area contributed by atoms with Gasteiger partial charge >= 0.3 is 0 Å². The zero-order chi connectivity index (χ0) is 7.65. The van der Waals surface area contributed by atoms with Crippen molar-refractivity contribution in [3.8, 4) is 0 Å². The zero-order valence-electron chi connectivity index (χ0n) is 5.04. The highest BCUT2D eigenvalue weighted by Gasteiger charge is 2.34. The summed E-state index contributed by atoms with van der Waals surface area (Å²) in [6, 6.07) is 0. The largest absolute Gasteiger partial charge is 0.276 e. The lowest BCUT2D eigenvalue weighted by Crippen LogP contribution is -2.38. The Balaban J connectivity index is 4.01. The van der Waals surface area contributed by atoms with E-state index in [0.717, 1.165) is 0 Å². The summed E-state index contributed by atoms with van der Waals surface area (Å²) in [6.45, 7) is 0. The topological polar surface area (TPSA) is 3.24 Å². The molecule has 0 heterocycles. The Morgan fingerprint density at radius 1 is 1.22 bits per heavy atom. The van der Waals surface area contributed by atoms with E-state index < -0.39 is 9.29 Å². The van der Waals surface area contributed by atoms with E-state index in [2.05, 4.69) is 0 Å². The van der Waals surface area contributed by atoms with Crippen molar-refractivity contribution < 1.29 is 0 Å². The molecule has 0 saturated carbocycles. The molecular weight excluding hydrogens is 204 g/mol. The molecule has 0 aliphatic carbocycles. The molecule has 0 unspecified atom stereocenters. The van der Waals surface area contributed by atoms with Crippen molar-refractivity contribution >= 4 is 46.4 Å². The fourth-order valence-electron chi connectivity index (χ4n) is 0.195. The lowest BCUT2D eigenvalue weighted by atomic mass is 10.6. The maximum absolute atomic E-state index is 5.63. The highest BCUT2D eigenvalue weighted by Crippen LogP contribution is 2.33. The minimum atomic E-state index is -1.19. The number of hydrogen-bond donors (Lipinski definition) is 0. The Hall–Kier alpha value is 1.12. The van der Waals surface area contributed by atoms with Crippen LogP contribution < -0.4 is 0 Å². The Labute approximate surface area is 74.8 Å². The van der Waals surface area contributed by atoms with Crippen LogP contribution in [0.1, 0.15) is 0 Å². The van der Waals surface area contributed by atoms with Gasteiger partial charge < -0.3 is 0 Å². The summed E-state index contributed by atoms with van der Waals surface area (Å²) in [7, 11) is 3.38. The number of halogens is 4. The van der Waals surface area contributed by atoms with E-state index in [9.17, 15) is 0 Å². The minimum absolute atomic E-state index is 0.809. The van der Waals surface area contributed by atoms with E-state index in [1.54, 1.807) is 14.1 Å². The van der Waals surface area contributed by atoms with Gasteiger partial charge in [0.1, 0.15) is 0 Å². The molecule has 0 N–H and O–H groups in total. The third-order valence-electron chi connectivity index (χ3n) is 0.859. The summed E-state index contributed by atoms with van der Waals surface area (Å²) in [5, 5.41) is 0. The molecule has 0 aromatic heterocycles. The third-order valence-corrected chi connectivity index (χ3v) is 3.05. The molecule has 9 heavy (non-hydrogen) atoms. The quantitative estimate of drug-likeness (QED) is 0.500. The molecule has 0 saturated heterocycles. The second-order valence-corrected chi connectivity index (χ2v) is 4.23. The van der Waals surface area contributed by atoms with Crippen molar-refractivity contribution in [1.29, 1.82) is 0 Å². The lowest BCUT2D eigenvalue weighted by molar-refractivity contribution is 0.351. The molecule has 0 aromatic rings. The maximum atomic E-state index is 5.63. The summed E-state index contributed by atoms with van der Waals surface area (Å²) < 4.78 is -1.19. The standard InChI is InChI=1S/C4H7Cl4N/c1-9(2)4(7,8)3(5)6/h3H,1-2H3. The molecule has 0 spiro atoms. The molecule has 0 aliphatic rings. The van der Waals surface area contributed by atoms with E-state index in [1.165, 1.54) is 4.90 Å². The fraction of sp³-hybridized carbons (Fsp3) is 1.00. The van der Waals surface area contributed by atoms with Gasteiger partial charge in [-0.25, -0.2) is 0 Å². The van der Waals surface area contributed by atoms with Gasteiger partial charge in [-0.05, 0) is 14.1 Å². The Bertz CT molecular complexity index is 80.6. The molecule has 56 valence electrons. The molecule has 0 atom stereocenters. The molecule has 0 bridgehead atoms. The maximum Gasteiger partial charge on any atom is 0.201 e. The van der Waals surface area contributed by atoms with Crippen molar-refractivity contribution in [3.63, 3.8) is 0 Å². The highest BCUT2D eigenvalue weighted by atomic mass is 35.5. The van der Waals surface area contributed by atoms with Crippen molar-refractivity contribution in [1.82, 2.24) is 4.90 Å². The monoisotopic (exact) mass is 209 g/mol. The van der Waals surface area contributed by atoms with Crippen LogP contribution in [0.4, 0.5) is 0 Å². The second kappa shape index (κ2) is 3.49. The first-order valence-electron chi connectivity index (χ1n) is 2.22. The van der Waals surface area contributed by atoms with Crippen molar-refractivity contribution in [2.24, 2.45) is 0 Å². The van der Waals surface area contributed by atoms with Crippen LogP contribution in [0.3, 0.4) is 0 Å².